The van der Waals surface area contributed by atoms with Crippen LogP contribution in [0.2, 0.25) is 0 Å². The fourth-order valence-corrected chi connectivity index (χ4v) is 1.71. The summed E-state index contributed by atoms with van der Waals surface area (Å²) in [5.74, 6) is 0.0835. The van der Waals surface area contributed by atoms with E-state index in [2.05, 4.69) is 15.5 Å². The summed E-state index contributed by atoms with van der Waals surface area (Å²) in [4.78, 5) is 1.97. The fourth-order valence-electron chi connectivity index (χ4n) is 1.71. The topological polar surface area (TPSA) is 198 Å². The van der Waals surface area contributed by atoms with Gasteiger partial charge in [0.2, 0.25) is 0 Å². The molecule has 0 aromatic rings. The summed E-state index contributed by atoms with van der Waals surface area (Å²) in [6, 6.07) is 0. The van der Waals surface area contributed by atoms with Crippen LogP contribution >= 0.6 is 0 Å². The van der Waals surface area contributed by atoms with E-state index in [1.54, 1.807) is 13.8 Å². The maximum absolute atomic E-state index is 8.62. The lowest BCUT2D eigenvalue weighted by atomic mass is 10.3. The van der Waals surface area contributed by atoms with Gasteiger partial charge in [-0.3, -0.25) is 4.90 Å². The van der Waals surface area contributed by atoms with E-state index >= 15 is 0 Å². The molecule has 0 fully saturated rings. The Balaban J connectivity index is 4.40. The lowest BCUT2D eigenvalue weighted by molar-refractivity contribution is 0.0556. The number of hydrogen-bond acceptors (Lipinski definition) is 9. The molecular formula is C13H29N7O5. The highest BCUT2D eigenvalue weighted by molar-refractivity contribution is 5.84. The van der Waals surface area contributed by atoms with E-state index in [9.17, 15) is 0 Å². The molecule has 0 saturated carbocycles. The van der Waals surface area contributed by atoms with Crippen LogP contribution in [0.25, 0.3) is 0 Å². The molecule has 0 aromatic carbocycles. The molecule has 2 atom stereocenters. The van der Waals surface area contributed by atoms with Gasteiger partial charge in [-0.15, -0.1) is 0 Å². The molecule has 0 spiro atoms. The molecule has 9 N–H and O–H groups in total. The third kappa shape index (κ3) is 10.2. The molecule has 12 heteroatoms. The van der Waals surface area contributed by atoms with Crippen molar-refractivity contribution in [2.24, 2.45) is 32.7 Å². The second-order valence-electron chi connectivity index (χ2n) is 5.26. The van der Waals surface area contributed by atoms with Crippen molar-refractivity contribution in [3.8, 4) is 0 Å². The summed E-state index contributed by atoms with van der Waals surface area (Å²) in [6.45, 7) is 5.52. The molecule has 0 aliphatic heterocycles. The Kier molecular flexibility index (Phi) is 11.8. The van der Waals surface area contributed by atoms with Gasteiger partial charge in [0.1, 0.15) is 18.0 Å². The second-order valence-corrected chi connectivity index (χ2v) is 5.26. The van der Waals surface area contributed by atoms with Crippen LogP contribution < -0.4 is 17.2 Å². The van der Waals surface area contributed by atoms with Crippen LogP contribution in [0.1, 0.15) is 20.3 Å². The molecule has 0 saturated heterocycles. The molecule has 0 amide bonds. The van der Waals surface area contributed by atoms with Gasteiger partial charge in [-0.25, -0.2) is 0 Å². The average Bonchev–Trinajstić information content (AvgIpc) is 2.63. The standard InChI is InChI=1S/C13H29N7O5/c1-9(12(15)18-22)24-7-5-20(4-3-11(14)17-21)6-8-25-10(2)13(16)19-23/h9-10,21-23H,3-8H2,1-2H3,(H2,14,17)(H2,15,18)(H2,16,19). The van der Waals surface area contributed by atoms with Crippen molar-refractivity contribution < 1.29 is 25.1 Å². The molecule has 25 heavy (non-hydrogen) atoms. The molecule has 2 unspecified atom stereocenters. The molecule has 0 aliphatic rings. The van der Waals surface area contributed by atoms with Crippen LogP contribution in [0.5, 0.6) is 0 Å². The van der Waals surface area contributed by atoms with Gasteiger partial charge >= 0.3 is 0 Å². The summed E-state index contributed by atoms with van der Waals surface area (Å²) < 4.78 is 10.9. The number of oxime groups is 3. The number of nitrogens with zero attached hydrogens (tertiary/aromatic N) is 4. The van der Waals surface area contributed by atoms with Gasteiger partial charge in [0.05, 0.1) is 13.2 Å². The molecule has 0 aliphatic carbocycles. The zero-order valence-corrected chi connectivity index (χ0v) is 14.6. The van der Waals surface area contributed by atoms with E-state index in [-0.39, 0.29) is 17.5 Å². The summed E-state index contributed by atoms with van der Waals surface area (Å²) in [6.07, 6.45) is -0.678. The SMILES string of the molecule is CC(OCCN(CCOC(C)C(N)=NO)CCC(N)=NO)C(N)=NO. The summed E-state index contributed by atoms with van der Waals surface area (Å²) >= 11 is 0. The molecule has 0 rings (SSSR count). The van der Waals surface area contributed by atoms with Crippen molar-refractivity contribution >= 4 is 17.5 Å². The number of nitrogens with two attached hydrogens (primary N) is 3. The van der Waals surface area contributed by atoms with Crippen LogP contribution in [-0.4, -0.2) is 83.1 Å². The molecule has 146 valence electrons. The van der Waals surface area contributed by atoms with E-state index in [0.29, 0.717) is 39.3 Å². The lowest BCUT2D eigenvalue weighted by Gasteiger charge is -2.23. The Labute approximate surface area is 146 Å². The Morgan fingerprint density at radius 2 is 1.28 bits per heavy atom. The third-order valence-electron chi connectivity index (χ3n) is 3.43. The maximum Gasteiger partial charge on any atom is 0.168 e. The number of ether oxygens (including phenoxy) is 2. The Morgan fingerprint density at radius 1 is 0.840 bits per heavy atom. The first-order valence-corrected chi connectivity index (χ1v) is 7.72. The number of amidine groups is 3. The molecule has 0 aromatic heterocycles. The average molecular weight is 363 g/mol. The second kappa shape index (κ2) is 13.0. The van der Waals surface area contributed by atoms with Crippen LogP contribution in [0, 0.1) is 0 Å². The summed E-state index contributed by atoms with van der Waals surface area (Å²) in [5.41, 5.74) is 16.4. The van der Waals surface area contributed by atoms with E-state index in [1.807, 2.05) is 4.90 Å². The Bertz CT molecular complexity index is 428. The van der Waals surface area contributed by atoms with Gasteiger partial charge in [0, 0.05) is 26.1 Å². The van der Waals surface area contributed by atoms with Gasteiger partial charge < -0.3 is 42.3 Å². The van der Waals surface area contributed by atoms with Gasteiger partial charge in [0.15, 0.2) is 11.7 Å². The minimum absolute atomic E-state index is 0.0147. The molecular weight excluding hydrogens is 334 g/mol. The highest BCUT2D eigenvalue weighted by atomic mass is 16.5. The quantitative estimate of drug-likeness (QED) is 0.0999. The van der Waals surface area contributed by atoms with Gasteiger partial charge in [-0.2, -0.15) is 0 Å². The van der Waals surface area contributed by atoms with Gasteiger partial charge in [0.25, 0.3) is 0 Å². The van der Waals surface area contributed by atoms with Crippen LogP contribution in [0.4, 0.5) is 0 Å². The predicted octanol–water partition coefficient (Wildman–Crippen LogP) is -1.27. The molecule has 0 heterocycles. The Hall–Kier alpha value is -2.31. The number of rotatable bonds is 13. The number of hydrogen-bond donors (Lipinski definition) is 6. The van der Waals surface area contributed by atoms with E-state index in [1.165, 1.54) is 0 Å². The highest BCUT2D eigenvalue weighted by Gasteiger charge is 2.12. The van der Waals surface area contributed by atoms with E-state index in [4.69, 9.17) is 42.3 Å². The van der Waals surface area contributed by atoms with Crippen molar-refractivity contribution in [2.75, 3.05) is 32.8 Å². The first-order valence-electron chi connectivity index (χ1n) is 7.72. The van der Waals surface area contributed by atoms with Crippen molar-refractivity contribution in [3.63, 3.8) is 0 Å². The van der Waals surface area contributed by atoms with Crippen molar-refractivity contribution in [3.05, 3.63) is 0 Å². The highest BCUT2D eigenvalue weighted by Crippen LogP contribution is 1.98. The molecule has 0 bridgehead atoms. The van der Waals surface area contributed by atoms with Crippen molar-refractivity contribution in [1.82, 2.24) is 4.90 Å². The largest absolute Gasteiger partial charge is 0.409 e. The smallest absolute Gasteiger partial charge is 0.168 e. The van der Waals surface area contributed by atoms with E-state index < -0.39 is 12.2 Å². The predicted molar refractivity (Wildman–Crippen MR) is 92.1 cm³/mol. The minimum Gasteiger partial charge on any atom is -0.409 e. The monoisotopic (exact) mass is 363 g/mol. The fraction of sp³-hybridized carbons (Fsp3) is 0.769. The zero-order valence-electron chi connectivity index (χ0n) is 14.6. The maximum atomic E-state index is 8.62. The lowest BCUT2D eigenvalue weighted by Crippen LogP contribution is -2.37. The molecule has 0 radical (unpaired) electrons. The van der Waals surface area contributed by atoms with Crippen molar-refractivity contribution in [1.29, 1.82) is 0 Å². The van der Waals surface area contributed by atoms with Crippen molar-refractivity contribution in [2.45, 2.75) is 32.5 Å². The zero-order chi connectivity index (χ0) is 19.2. The first-order chi connectivity index (χ1) is 11.8. The van der Waals surface area contributed by atoms with Gasteiger partial charge in [-0.1, -0.05) is 15.5 Å². The van der Waals surface area contributed by atoms with Crippen LogP contribution in [0.3, 0.4) is 0 Å². The minimum atomic E-state index is -0.521. The Morgan fingerprint density at radius 3 is 1.64 bits per heavy atom. The third-order valence-corrected chi connectivity index (χ3v) is 3.43. The normalized spacial score (nSPS) is 16.2. The van der Waals surface area contributed by atoms with Crippen LogP contribution in [0.15, 0.2) is 15.5 Å². The molecule has 12 nitrogen and oxygen atoms in total. The van der Waals surface area contributed by atoms with Gasteiger partial charge in [-0.05, 0) is 13.8 Å². The first kappa shape index (κ1) is 22.7. The van der Waals surface area contributed by atoms with Crippen LogP contribution in [-0.2, 0) is 9.47 Å². The summed E-state index contributed by atoms with van der Waals surface area (Å²) in [7, 11) is 0. The summed E-state index contributed by atoms with van der Waals surface area (Å²) in [5, 5.41) is 34.5. The van der Waals surface area contributed by atoms with E-state index in [0.717, 1.165) is 0 Å².